The first-order valence-corrected chi connectivity index (χ1v) is 3.68. The molecule has 0 radical (unpaired) electrons. The summed E-state index contributed by atoms with van der Waals surface area (Å²) in [7, 11) is 0. The molecule has 6 nitrogen and oxygen atoms in total. The van der Waals surface area contributed by atoms with Gasteiger partial charge in [0, 0.05) is 4.91 Å². The van der Waals surface area contributed by atoms with Crippen LogP contribution in [0.15, 0.2) is 17.2 Å². The minimum Gasteiger partial charge on any atom is -0.508 e. The maximum absolute atomic E-state index is 10.7. The number of phenols is 1. The number of hydrogen-bond donors (Lipinski definition) is 2. The van der Waals surface area contributed by atoms with E-state index in [1.54, 1.807) is 6.92 Å². The molecule has 0 amide bonds. The number of aryl methyl sites for hydroxylation is 1. The van der Waals surface area contributed by atoms with E-state index in [1.165, 1.54) is 6.07 Å². The molecule has 1 aromatic carbocycles. The van der Waals surface area contributed by atoms with Crippen LogP contribution in [0.2, 0.25) is 0 Å². The molecule has 0 aromatic heterocycles. The van der Waals surface area contributed by atoms with Gasteiger partial charge in [-0.1, -0.05) is 5.11 Å². The lowest BCUT2D eigenvalue weighted by molar-refractivity contribution is 0.0697. The van der Waals surface area contributed by atoms with Gasteiger partial charge in [-0.25, -0.2) is 4.79 Å². The van der Waals surface area contributed by atoms with Crippen LogP contribution in [0.3, 0.4) is 0 Å². The molecular formula is C8H7N3O3. The number of aromatic hydroxyl groups is 1. The van der Waals surface area contributed by atoms with E-state index in [4.69, 9.17) is 10.6 Å². The molecule has 0 bridgehead atoms. The number of carboxylic acids is 1. The van der Waals surface area contributed by atoms with Crippen LogP contribution in [-0.2, 0) is 0 Å². The Bertz CT molecular complexity index is 409. The Morgan fingerprint density at radius 3 is 2.71 bits per heavy atom. The van der Waals surface area contributed by atoms with E-state index < -0.39 is 5.97 Å². The third kappa shape index (κ3) is 1.75. The van der Waals surface area contributed by atoms with E-state index in [0.29, 0.717) is 5.56 Å². The van der Waals surface area contributed by atoms with Crippen molar-refractivity contribution in [2.24, 2.45) is 5.11 Å². The van der Waals surface area contributed by atoms with Crippen LogP contribution >= 0.6 is 0 Å². The smallest absolute Gasteiger partial charge is 0.336 e. The Balaban J connectivity index is 3.45. The van der Waals surface area contributed by atoms with Gasteiger partial charge in [0.15, 0.2) is 0 Å². The number of nitrogens with zero attached hydrogens (tertiary/aromatic N) is 3. The fraction of sp³-hybridized carbons (Fsp3) is 0.125. The van der Waals surface area contributed by atoms with Crippen molar-refractivity contribution in [2.45, 2.75) is 6.92 Å². The van der Waals surface area contributed by atoms with Crippen molar-refractivity contribution >= 4 is 11.7 Å². The van der Waals surface area contributed by atoms with Crippen LogP contribution in [0.1, 0.15) is 15.9 Å². The van der Waals surface area contributed by atoms with Crippen molar-refractivity contribution in [3.8, 4) is 5.75 Å². The van der Waals surface area contributed by atoms with Gasteiger partial charge in [-0.3, -0.25) is 0 Å². The Kier molecular flexibility index (Phi) is 2.59. The quantitative estimate of drug-likeness (QED) is 0.427. The fourth-order valence-corrected chi connectivity index (χ4v) is 0.983. The minimum absolute atomic E-state index is 0.00435. The first-order chi connectivity index (χ1) is 6.56. The zero-order valence-electron chi connectivity index (χ0n) is 7.30. The van der Waals surface area contributed by atoms with Crippen LogP contribution < -0.4 is 0 Å². The maximum Gasteiger partial charge on any atom is 0.336 e. The normalized spacial score (nSPS) is 9.21. The van der Waals surface area contributed by atoms with Gasteiger partial charge in [-0.2, -0.15) is 0 Å². The molecule has 0 saturated heterocycles. The van der Waals surface area contributed by atoms with Crippen LogP contribution in [0.5, 0.6) is 5.75 Å². The van der Waals surface area contributed by atoms with Gasteiger partial charge in [0.05, 0.1) is 11.3 Å². The molecule has 2 N–H and O–H groups in total. The van der Waals surface area contributed by atoms with Crippen LogP contribution in [0.25, 0.3) is 10.4 Å². The van der Waals surface area contributed by atoms with Crippen LogP contribution in [0.4, 0.5) is 5.69 Å². The first-order valence-electron chi connectivity index (χ1n) is 3.68. The fourth-order valence-electron chi connectivity index (χ4n) is 0.983. The minimum atomic E-state index is -1.25. The van der Waals surface area contributed by atoms with Crippen LogP contribution in [0, 0.1) is 6.92 Å². The number of azide groups is 1. The first kappa shape index (κ1) is 9.88. The lowest BCUT2D eigenvalue weighted by Crippen LogP contribution is -1.96. The van der Waals surface area contributed by atoms with E-state index in [2.05, 4.69) is 10.0 Å². The molecule has 0 aliphatic rings. The average Bonchev–Trinajstić information content (AvgIpc) is 2.11. The second-order valence-corrected chi connectivity index (χ2v) is 2.65. The Morgan fingerprint density at radius 2 is 2.21 bits per heavy atom. The second kappa shape index (κ2) is 3.68. The highest BCUT2D eigenvalue weighted by molar-refractivity contribution is 5.94. The largest absolute Gasteiger partial charge is 0.508 e. The van der Waals surface area contributed by atoms with Gasteiger partial charge in [-0.15, -0.1) is 0 Å². The Labute approximate surface area is 79.0 Å². The highest BCUT2D eigenvalue weighted by atomic mass is 16.4. The molecular weight excluding hydrogens is 186 g/mol. The zero-order valence-corrected chi connectivity index (χ0v) is 7.30. The van der Waals surface area contributed by atoms with Crippen molar-refractivity contribution in [2.75, 3.05) is 0 Å². The van der Waals surface area contributed by atoms with E-state index in [9.17, 15) is 9.90 Å². The number of hydrogen-bond acceptors (Lipinski definition) is 3. The molecule has 1 rings (SSSR count). The molecule has 0 fully saturated rings. The van der Waals surface area contributed by atoms with Crippen molar-refractivity contribution in [1.82, 2.24) is 0 Å². The molecule has 14 heavy (non-hydrogen) atoms. The molecule has 0 saturated carbocycles. The summed E-state index contributed by atoms with van der Waals surface area (Å²) < 4.78 is 0. The summed E-state index contributed by atoms with van der Waals surface area (Å²) in [6.07, 6.45) is 0. The third-order valence-electron chi connectivity index (χ3n) is 1.70. The van der Waals surface area contributed by atoms with Crippen molar-refractivity contribution in [3.63, 3.8) is 0 Å². The average molecular weight is 193 g/mol. The summed E-state index contributed by atoms with van der Waals surface area (Å²) in [5.74, 6) is -1.39. The standard InChI is InChI=1S/C8H7N3O3/c1-4-2-6(10-11-9)5(8(13)14)3-7(4)12/h2-3,12H,1H3,(H,13,14). The SMILES string of the molecule is Cc1cc(N=[N+]=[N-])c(C(=O)O)cc1O. The highest BCUT2D eigenvalue weighted by Gasteiger charge is 2.11. The van der Waals surface area contributed by atoms with Gasteiger partial charge in [0.2, 0.25) is 0 Å². The Morgan fingerprint density at radius 1 is 1.57 bits per heavy atom. The molecule has 1 aromatic rings. The summed E-state index contributed by atoms with van der Waals surface area (Å²) in [4.78, 5) is 13.2. The lowest BCUT2D eigenvalue weighted by atomic mass is 10.1. The highest BCUT2D eigenvalue weighted by Crippen LogP contribution is 2.27. The maximum atomic E-state index is 10.7. The molecule has 6 heteroatoms. The molecule has 0 unspecified atom stereocenters. The Hall–Kier alpha value is -2.20. The predicted molar refractivity (Wildman–Crippen MR) is 48.6 cm³/mol. The number of phenolic OH excluding ortho intramolecular Hbond substituents is 1. The molecule has 0 aliphatic carbocycles. The molecule has 0 spiro atoms. The van der Waals surface area contributed by atoms with Gasteiger partial charge >= 0.3 is 5.97 Å². The van der Waals surface area contributed by atoms with Crippen molar-refractivity contribution < 1.29 is 15.0 Å². The second-order valence-electron chi connectivity index (χ2n) is 2.65. The van der Waals surface area contributed by atoms with Crippen molar-refractivity contribution in [1.29, 1.82) is 0 Å². The number of benzene rings is 1. The van der Waals surface area contributed by atoms with E-state index in [0.717, 1.165) is 6.07 Å². The van der Waals surface area contributed by atoms with Gasteiger partial charge in [0.1, 0.15) is 5.75 Å². The predicted octanol–water partition coefficient (Wildman–Crippen LogP) is 2.34. The number of aromatic carboxylic acids is 1. The monoisotopic (exact) mass is 193 g/mol. The van der Waals surface area contributed by atoms with Gasteiger partial charge in [0.25, 0.3) is 0 Å². The number of carbonyl (C=O) groups is 1. The van der Waals surface area contributed by atoms with E-state index in [1.807, 2.05) is 0 Å². The molecule has 0 aliphatic heterocycles. The van der Waals surface area contributed by atoms with Crippen LogP contribution in [-0.4, -0.2) is 16.2 Å². The molecule has 72 valence electrons. The molecule has 0 heterocycles. The summed E-state index contributed by atoms with van der Waals surface area (Å²) in [6, 6.07) is 2.38. The van der Waals surface area contributed by atoms with Gasteiger partial charge < -0.3 is 10.2 Å². The zero-order chi connectivity index (χ0) is 10.7. The number of rotatable bonds is 2. The van der Waals surface area contributed by atoms with E-state index in [-0.39, 0.29) is 17.0 Å². The third-order valence-corrected chi connectivity index (χ3v) is 1.70. The molecule has 0 atom stereocenters. The number of carboxylic acid groups (broad SMARTS) is 1. The summed E-state index contributed by atoms with van der Waals surface area (Å²) in [6.45, 7) is 1.58. The summed E-state index contributed by atoms with van der Waals surface area (Å²) in [5, 5.41) is 21.2. The van der Waals surface area contributed by atoms with E-state index >= 15 is 0 Å². The van der Waals surface area contributed by atoms with Crippen molar-refractivity contribution in [3.05, 3.63) is 33.7 Å². The lowest BCUT2D eigenvalue weighted by Gasteiger charge is -2.03. The van der Waals surface area contributed by atoms with Gasteiger partial charge in [-0.05, 0) is 30.2 Å². The summed E-state index contributed by atoms with van der Waals surface area (Å²) in [5.41, 5.74) is 8.42. The summed E-state index contributed by atoms with van der Waals surface area (Å²) >= 11 is 0. The topological polar surface area (TPSA) is 106 Å².